The number of amides is 2. The molecule has 2 rings (SSSR count). The highest BCUT2D eigenvalue weighted by Gasteiger charge is 2.18. The standard InChI is InChI=1S/C11H12N4O4S2/c12-9(16)10(17)14-7-1-3-8(4-2-7)21(18,19)15-11-13-5-6-20-11/h1-4H,5-6H2,(H2,12,16)(H,13,15)(H,14,17). The molecule has 21 heavy (non-hydrogen) atoms. The highest BCUT2D eigenvalue weighted by molar-refractivity contribution is 8.15. The topological polar surface area (TPSA) is 131 Å². The van der Waals surface area contributed by atoms with Crippen LogP contribution in [0.4, 0.5) is 5.69 Å². The number of carbonyl (C=O) groups is 2. The van der Waals surface area contributed by atoms with Gasteiger partial charge in [0.1, 0.15) is 0 Å². The summed E-state index contributed by atoms with van der Waals surface area (Å²) in [6.45, 7) is 0.584. The number of rotatable bonds is 3. The molecule has 2 amide bonds. The summed E-state index contributed by atoms with van der Waals surface area (Å²) in [5.74, 6) is -1.35. The van der Waals surface area contributed by atoms with Gasteiger partial charge in [-0.2, -0.15) is 0 Å². The molecular formula is C11H12N4O4S2. The van der Waals surface area contributed by atoms with Gasteiger partial charge >= 0.3 is 11.8 Å². The number of thioether (sulfide) groups is 1. The van der Waals surface area contributed by atoms with Crippen molar-refractivity contribution in [1.82, 2.24) is 4.72 Å². The van der Waals surface area contributed by atoms with Gasteiger partial charge in [-0.25, -0.2) is 8.42 Å². The number of anilines is 1. The smallest absolute Gasteiger partial charge is 0.313 e. The van der Waals surface area contributed by atoms with E-state index in [1.807, 2.05) is 0 Å². The van der Waals surface area contributed by atoms with Crippen LogP contribution in [-0.2, 0) is 19.6 Å². The minimum Gasteiger partial charge on any atom is -0.361 e. The molecule has 0 aliphatic carbocycles. The number of primary amides is 1. The van der Waals surface area contributed by atoms with Gasteiger partial charge in [0, 0.05) is 11.4 Å². The molecule has 0 radical (unpaired) electrons. The van der Waals surface area contributed by atoms with Crippen molar-refractivity contribution in [3.05, 3.63) is 24.3 Å². The predicted octanol–water partition coefficient (Wildman–Crippen LogP) is -0.508. The van der Waals surface area contributed by atoms with E-state index in [0.717, 1.165) is 5.75 Å². The molecule has 112 valence electrons. The molecule has 1 aliphatic rings. The molecule has 8 nitrogen and oxygen atoms in total. The van der Waals surface area contributed by atoms with Crippen LogP contribution in [0.3, 0.4) is 0 Å². The zero-order valence-corrected chi connectivity index (χ0v) is 12.3. The Morgan fingerprint density at radius 3 is 2.43 bits per heavy atom. The van der Waals surface area contributed by atoms with Gasteiger partial charge in [0.15, 0.2) is 5.17 Å². The van der Waals surface area contributed by atoms with E-state index in [1.54, 1.807) is 0 Å². The van der Waals surface area contributed by atoms with Crippen molar-refractivity contribution in [2.45, 2.75) is 4.90 Å². The summed E-state index contributed by atoms with van der Waals surface area (Å²) in [6, 6.07) is 5.33. The average molecular weight is 328 g/mol. The lowest BCUT2D eigenvalue weighted by Gasteiger charge is -2.08. The van der Waals surface area contributed by atoms with Crippen molar-refractivity contribution in [1.29, 1.82) is 0 Å². The summed E-state index contributed by atoms with van der Waals surface area (Å²) in [5.41, 5.74) is 5.07. The number of benzene rings is 1. The number of nitrogens with two attached hydrogens (primary N) is 1. The van der Waals surface area contributed by atoms with Crippen molar-refractivity contribution in [2.75, 3.05) is 17.6 Å². The highest BCUT2D eigenvalue weighted by Crippen LogP contribution is 2.16. The molecule has 1 aromatic carbocycles. The molecule has 0 atom stereocenters. The Morgan fingerprint density at radius 1 is 1.24 bits per heavy atom. The Morgan fingerprint density at radius 2 is 1.90 bits per heavy atom. The Labute approximate surface area is 125 Å². The Balaban J connectivity index is 2.10. The molecule has 0 fully saturated rings. The van der Waals surface area contributed by atoms with Crippen LogP contribution in [0.2, 0.25) is 0 Å². The Kier molecular flexibility index (Phi) is 4.48. The van der Waals surface area contributed by atoms with Gasteiger partial charge in [-0.1, -0.05) is 11.8 Å². The van der Waals surface area contributed by atoms with Crippen molar-refractivity contribution in [3.8, 4) is 0 Å². The number of nitrogens with zero attached hydrogens (tertiary/aromatic N) is 1. The second-order valence-electron chi connectivity index (χ2n) is 3.98. The number of amidine groups is 1. The van der Waals surface area contributed by atoms with Crippen LogP contribution in [-0.4, -0.2) is 37.7 Å². The monoisotopic (exact) mass is 328 g/mol. The molecule has 10 heteroatoms. The van der Waals surface area contributed by atoms with Crippen molar-refractivity contribution >= 4 is 44.5 Å². The quantitative estimate of drug-likeness (QED) is 0.643. The van der Waals surface area contributed by atoms with Gasteiger partial charge in [-0.15, -0.1) is 0 Å². The Hall–Kier alpha value is -2.07. The van der Waals surface area contributed by atoms with E-state index in [-0.39, 0.29) is 10.6 Å². The fraction of sp³-hybridized carbons (Fsp3) is 0.182. The fourth-order valence-corrected chi connectivity index (χ4v) is 3.51. The van der Waals surface area contributed by atoms with Crippen LogP contribution in [0.15, 0.2) is 34.2 Å². The number of hydrogen-bond donors (Lipinski definition) is 3. The summed E-state index contributed by atoms with van der Waals surface area (Å²) in [5, 5.41) is 2.60. The summed E-state index contributed by atoms with van der Waals surface area (Å²) in [6.07, 6.45) is 0. The Bertz CT molecular complexity index is 697. The third kappa shape index (κ3) is 3.95. The lowest BCUT2D eigenvalue weighted by atomic mass is 10.3. The second kappa shape index (κ2) is 6.14. The molecule has 1 aromatic rings. The first kappa shape index (κ1) is 15.3. The molecule has 1 aliphatic heterocycles. The molecule has 0 saturated heterocycles. The first-order valence-corrected chi connectivity index (χ1v) is 8.26. The summed E-state index contributed by atoms with van der Waals surface area (Å²) < 4.78 is 26.5. The zero-order chi connectivity index (χ0) is 15.5. The van der Waals surface area contributed by atoms with Gasteiger partial charge in [0.05, 0.1) is 11.4 Å². The normalized spacial score (nSPS) is 14.4. The lowest BCUT2D eigenvalue weighted by Crippen LogP contribution is -2.29. The minimum absolute atomic E-state index is 0.0229. The minimum atomic E-state index is -3.71. The van der Waals surface area contributed by atoms with Crippen LogP contribution >= 0.6 is 11.8 Å². The van der Waals surface area contributed by atoms with Gasteiger partial charge in [0.2, 0.25) is 0 Å². The molecule has 1 heterocycles. The average Bonchev–Trinajstić information content (AvgIpc) is 2.91. The number of nitrogens with one attached hydrogen (secondary N) is 2. The van der Waals surface area contributed by atoms with E-state index in [9.17, 15) is 18.0 Å². The van der Waals surface area contributed by atoms with Crippen LogP contribution in [0.25, 0.3) is 0 Å². The van der Waals surface area contributed by atoms with Gasteiger partial charge < -0.3 is 11.1 Å². The van der Waals surface area contributed by atoms with E-state index in [1.165, 1.54) is 36.0 Å². The van der Waals surface area contributed by atoms with Gasteiger partial charge in [0.25, 0.3) is 10.0 Å². The molecule has 4 N–H and O–H groups in total. The first-order chi connectivity index (χ1) is 9.88. The van der Waals surface area contributed by atoms with Crippen LogP contribution in [0, 0.1) is 0 Å². The number of hydrogen-bond acceptors (Lipinski definition) is 6. The van der Waals surface area contributed by atoms with Crippen molar-refractivity contribution in [2.24, 2.45) is 10.7 Å². The molecular weight excluding hydrogens is 316 g/mol. The summed E-state index contributed by atoms with van der Waals surface area (Å²) in [4.78, 5) is 25.7. The number of carbonyl (C=O) groups excluding carboxylic acids is 2. The van der Waals surface area contributed by atoms with E-state index >= 15 is 0 Å². The molecule has 0 spiro atoms. The number of sulfonamides is 1. The summed E-state index contributed by atoms with van der Waals surface area (Å²) >= 11 is 1.33. The van der Waals surface area contributed by atoms with E-state index < -0.39 is 21.8 Å². The van der Waals surface area contributed by atoms with Gasteiger partial charge in [-0.3, -0.25) is 19.3 Å². The maximum atomic E-state index is 12.1. The third-order valence-corrected chi connectivity index (χ3v) is 4.83. The van der Waals surface area contributed by atoms with E-state index in [2.05, 4.69) is 15.0 Å². The molecule has 0 saturated carbocycles. The van der Waals surface area contributed by atoms with Gasteiger partial charge in [-0.05, 0) is 24.3 Å². The maximum absolute atomic E-state index is 12.1. The molecule has 0 unspecified atom stereocenters. The van der Waals surface area contributed by atoms with Crippen LogP contribution < -0.4 is 15.8 Å². The van der Waals surface area contributed by atoms with Crippen LogP contribution in [0.5, 0.6) is 0 Å². The zero-order valence-electron chi connectivity index (χ0n) is 10.7. The lowest BCUT2D eigenvalue weighted by molar-refractivity contribution is -0.134. The van der Waals surface area contributed by atoms with Crippen molar-refractivity contribution < 1.29 is 18.0 Å². The summed E-state index contributed by atoms with van der Waals surface area (Å²) in [7, 11) is -3.71. The molecule has 0 bridgehead atoms. The van der Waals surface area contributed by atoms with E-state index in [4.69, 9.17) is 5.73 Å². The van der Waals surface area contributed by atoms with Crippen LogP contribution in [0.1, 0.15) is 0 Å². The maximum Gasteiger partial charge on any atom is 0.313 e. The first-order valence-electron chi connectivity index (χ1n) is 5.79. The SMILES string of the molecule is NC(=O)C(=O)Nc1ccc(S(=O)(=O)NC2=NCCS2)cc1. The molecule has 0 aromatic heterocycles. The predicted molar refractivity (Wildman–Crippen MR) is 79.3 cm³/mol. The third-order valence-electron chi connectivity index (χ3n) is 2.45. The number of aliphatic imine (C=N–C) groups is 1. The second-order valence-corrected chi connectivity index (χ2v) is 6.75. The van der Waals surface area contributed by atoms with E-state index in [0.29, 0.717) is 11.7 Å². The van der Waals surface area contributed by atoms with Crippen molar-refractivity contribution in [3.63, 3.8) is 0 Å². The fourth-order valence-electron chi connectivity index (χ4n) is 1.48. The highest BCUT2D eigenvalue weighted by atomic mass is 32.2. The largest absolute Gasteiger partial charge is 0.361 e.